The number of carbonyl (C=O) groups is 1. The van der Waals surface area contributed by atoms with Gasteiger partial charge in [0, 0.05) is 19.6 Å². The summed E-state index contributed by atoms with van der Waals surface area (Å²) in [5, 5.41) is 2.88. The van der Waals surface area contributed by atoms with Gasteiger partial charge in [0.15, 0.2) is 0 Å². The highest BCUT2D eigenvalue weighted by atomic mass is 16.2. The van der Waals surface area contributed by atoms with Crippen LogP contribution in [0.25, 0.3) is 5.57 Å². The molecule has 0 aliphatic carbocycles. The molecule has 3 heteroatoms. The lowest BCUT2D eigenvalue weighted by molar-refractivity contribution is -0.125. The number of amides is 1. The summed E-state index contributed by atoms with van der Waals surface area (Å²) in [6.45, 7) is 6.42. The molecule has 1 amide bonds. The molecule has 0 unspecified atom stereocenters. The van der Waals surface area contributed by atoms with Crippen LogP contribution in [0, 0.1) is 0 Å². The first-order valence-electron chi connectivity index (χ1n) is 6.98. The van der Waals surface area contributed by atoms with Crippen molar-refractivity contribution >= 4 is 11.5 Å². The monoisotopic (exact) mass is 258 g/mol. The van der Waals surface area contributed by atoms with Gasteiger partial charge in [-0.3, -0.25) is 9.69 Å². The molecule has 1 aliphatic heterocycles. The Balaban J connectivity index is 1.98. The van der Waals surface area contributed by atoms with Crippen molar-refractivity contribution in [3.63, 3.8) is 0 Å². The molecule has 0 saturated heterocycles. The van der Waals surface area contributed by atoms with Crippen molar-refractivity contribution in [2.24, 2.45) is 0 Å². The van der Waals surface area contributed by atoms with E-state index in [1.807, 2.05) is 19.9 Å². The van der Waals surface area contributed by atoms with Gasteiger partial charge in [-0.15, -0.1) is 0 Å². The third-order valence-corrected chi connectivity index (χ3v) is 3.66. The highest BCUT2D eigenvalue weighted by Crippen LogP contribution is 2.22. The van der Waals surface area contributed by atoms with Crippen LogP contribution in [-0.4, -0.2) is 36.5 Å². The average molecular weight is 258 g/mol. The quantitative estimate of drug-likeness (QED) is 0.898. The predicted octanol–water partition coefficient (Wildman–Crippen LogP) is 2.30. The van der Waals surface area contributed by atoms with E-state index in [2.05, 4.69) is 40.6 Å². The summed E-state index contributed by atoms with van der Waals surface area (Å²) in [7, 11) is 0. The van der Waals surface area contributed by atoms with Gasteiger partial charge in [-0.25, -0.2) is 0 Å². The van der Waals surface area contributed by atoms with Gasteiger partial charge >= 0.3 is 0 Å². The Labute approximate surface area is 115 Å². The number of hydrogen-bond acceptors (Lipinski definition) is 2. The standard InChI is InChI=1S/C16H22N2O/c1-3-17-16(19)13(2)18-11-9-15(10-12-18)14-7-5-4-6-8-14/h4-9,13H,3,10-12H2,1-2H3,(H,17,19)/t13-/m0/s1. The fourth-order valence-corrected chi connectivity index (χ4v) is 2.44. The number of nitrogens with one attached hydrogen (secondary N) is 1. The molecule has 19 heavy (non-hydrogen) atoms. The van der Waals surface area contributed by atoms with Crippen molar-refractivity contribution in [2.75, 3.05) is 19.6 Å². The van der Waals surface area contributed by atoms with Gasteiger partial charge in [-0.05, 0) is 31.4 Å². The van der Waals surface area contributed by atoms with Crippen LogP contribution >= 0.6 is 0 Å². The second-order valence-electron chi connectivity index (χ2n) is 4.91. The molecule has 0 radical (unpaired) electrons. The van der Waals surface area contributed by atoms with Crippen LogP contribution in [0.4, 0.5) is 0 Å². The molecule has 0 bridgehead atoms. The first-order chi connectivity index (χ1) is 9.22. The predicted molar refractivity (Wildman–Crippen MR) is 78.8 cm³/mol. The second kappa shape index (κ2) is 6.53. The van der Waals surface area contributed by atoms with Crippen LogP contribution in [0.15, 0.2) is 36.4 Å². The molecule has 0 spiro atoms. The molecule has 1 aromatic rings. The highest BCUT2D eigenvalue weighted by Gasteiger charge is 2.22. The second-order valence-corrected chi connectivity index (χ2v) is 4.91. The van der Waals surface area contributed by atoms with E-state index in [4.69, 9.17) is 0 Å². The minimum absolute atomic E-state index is 0.0477. The Morgan fingerprint density at radius 3 is 2.68 bits per heavy atom. The van der Waals surface area contributed by atoms with Gasteiger partial charge in [0.05, 0.1) is 6.04 Å². The molecular weight excluding hydrogens is 236 g/mol. The largest absolute Gasteiger partial charge is 0.355 e. The van der Waals surface area contributed by atoms with Gasteiger partial charge in [0.2, 0.25) is 5.91 Å². The van der Waals surface area contributed by atoms with Crippen LogP contribution in [0.2, 0.25) is 0 Å². The SMILES string of the molecule is CCNC(=O)[C@H](C)N1CC=C(c2ccccc2)CC1. The molecule has 0 saturated carbocycles. The molecule has 102 valence electrons. The minimum atomic E-state index is -0.0477. The molecular formula is C16H22N2O. The number of benzene rings is 1. The third-order valence-electron chi connectivity index (χ3n) is 3.66. The summed E-state index contributed by atoms with van der Waals surface area (Å²) in [4.78, 5) is 14.0. The number of carbonyl (C=O) groups excluding carboxylic acids is 1. The minimum Gasteiger partial charge on any atom is -0.355 e. The van der Waals surface area contributed by atoms with E-state index < -0.39 is 0 Å². The topological polar surface area (TPSA) is 32.3 Å². The Morgan fingerprint density at radius 2 is 2.11 bits per heavy atom. The zero-order valence-corrected chi connectivity index (χ0v) is 11.7. The molecule has 1 aliphatic rings. The maximum absolute atomic E-state index is 11.8. The maximum atomic E-state index is 11.8. The third kappa shape index (κ3) is 3.44. The van der Waals surface area contributed by atoms with Gasteiger partial charge < -0.3 is 5.32 Å². The molecule has 0 fully saturated rings. The zero-order chi connectivity index (χ0) is 13.7. The fraction of sp³-hybridized carbons (Fsp3) is 0.438. The van der Waals surface area contributed by atoms with E-state index in [-0.39, 0.29) is 11.9 Å². The van der Waals surface area contributed by atoms with E-state index >= 15 is 0 Å². The van der Waals surface area contributed by atoms with E-state index in [1.165, 1.54) is 11.1 Å². The van der Waals surface area contributed by atoms with Crippen LogP contribution in [0.1, 0.15) is 25.8 Å². The van der Waals surface area contributed by atoms with Crippen molar-refractivity contribution in [3.05, 3.63) is 42.0 Å². The van der Waals surface area contributed by atoms with Gasteiger partial charge in [-0.2, -0.15) is 0 Å². The number of rotatable bonds is 4. The summed E-state index contributed by atoms with van der Waals surface area (Å²) < 4.78 is 0. The van der Waals surface area contributed by atoms with Crippen molar-refractivity contribution in [3.8, 4) is 0 Å². The van der Waals surface area contributed by atoms with Crippen LogP contribution in [-0.2, 0) is 4.79 Å². The molecule has 1 aromatic carbocycles. The van der Waals surface area contributed by atoms with Gasteiger partial charge in [0.25, 0.3) is 0 Å². The van der Waals surface area contributed by atoms with Crippen molar-refractivity contribution in [1.82, 2.24) is 10.2 Å². The molecule has 0 aromatic heterocycles. The lowest BCUT2D eigenvalue weighted by Crippen LogP contribution is -2.46. The molecule has 1 heterocycles. The first-order valence-corrected chi connectivity index (χ1v) is 6.98. The Bertz CT molecular complexity index is 453. The molecule has 1 N–H and O–H groups in total. The lowest BCUT2D eigenvalue weighted by atomic mass is 9.99. The Morgan fingerprint density at radius 1 is 1.37 bits per heavy atom. The first kappa shape index (κ1) is 13.8. The van der Waals surface area contributed by atoms with Gasteiger partial charge in [0.1, 0.15) is 0 Å². The number of hydrogen-bond donors (Lipinski definition) is 1. The zero-order valence-electron chi connectivity index (χ0n) is 11.7. The van der Waals surface area contributed by atoms with Crippen molar-refractivity contribution < 1.29 is 4.79 Å². The maximum Gasteiger partial charge on any atom is 0.237 e. The van der Waals surface area contributed by atoms with Crippen LogP contribution in [0.5, 0.6) is 0 Å². The van der Waals surface area contributed by atoms with E-state index in [9.17, 15) is 4.79 Å². The Kier molecular flexibility index (Phi) is 4.74. The fourth-order valence-electron chi connectivity index (χ4n) is 2.44. The highest BCUT2D eigenvalue weighted by molar-refractivity contribution is 5.81. The summed E-state index contributed by atoms with van der Waals surface area (Å²) in [6, 6.07) is 10.4. The van der Waals surface area contributed by atoms with Crippen LogP contribution < -0.4 is 5.32 Å². The van der Waals surface area contributed by atoms with Crippen molar-refractivity contribution in [2.45, 2.75) is 26.3 Å². The van der Waals surface area contributed by atoms with Gasteiger partial charge in [-0.1, -0.05) is 36.4 Å². The average Bonchev–Trinajstić information content (AvgIpc) is 2.48. The van der Waals surface area contributed by atoms with E-state index in [0.717, 1.165) is 19.5 Å². The normalized spacial score (nSPS) is 17.7. The lowest BCUT2D eigenvalue weighted by Gasteiger charge is -2.31. The molecule has 2 rings (SSSR count). The summed E-state index contributed by atoms with van der Waals surface area (Å²) in [5.41, 5.74) is 2.69. The number of nitrogens with zero attached hydrogens (tertiary/aromatic N) is 1. The smallest absolute Gasteiger partial charge is 0.237 e. The summed E-state index contributed by atoms with van der Waals surface area (Å²) >= 11 is 0. The summed E-state index contributed by atoms with van der Waals surface area (Å²) in [6.07, 6.45) is 3.25. The molecule has 3 nitrogen and oxygen atoms in total. The van der Waals surface area contributed by atoms with E-state index in [0.29, 0.717) is 6.54 Å². The summed E-state index contributed by atoms with van der Waals surface area (Å²) in [5.74, 6) is 0.124. The van der Waals surface area contributed by atoms with Crippen molar-refractivity contribution in [1.29, 1.82) is 0 Å². The van der Waals surface area contributed by atoms with E-state index in [1.54, 1.807) is 0 Å². The number of likely N-dealkylation sites (N-methyl/N-ethyl adjacent to an activating group) is 1. The molecule has 1 atom stereocenters. The Hall–Kier alpha value is -1.61. The van der Waals surface area contributed by atoms with Crippen LogP contribution in [0.3, 0.4) is 0 Å².